The summed E-state index contributed by atoms with van der Waals surface area (Å²) in [6.07, 6.45) is 7.07. The predicted molar refractivity (Wildman–Crippen MR) is 107 cm³/mol. The van der Waals surface area contributed by atoms with Crippen LogP contribution in [0.1, 0.15) is 38.5 Å². The van der Waals surface area contributed by atoms with Crippen LogP contribution in [-0.2, 0) is 9.84 Å². The third kappa shape index (κ3) is 5.84. The lowest BCUT2D eigenvalue weighted by Crippen LogP contribution is -2.42. The smallest absolute Gasteiger partial charge is 0.188 e. The summed E-state index contributed by atoms with van der Waals surface area (Å²) in [5.41, 5.74) is 0. The SMILES string of the molecule is N#CCS(=O)(=O)C=C1N(CCCN2CCCCC2)CCN1C1CCNCC1. The van der Waals surface area contributed by atoms with Crippen LogP contribution in [-0.4, -0.2) is 87.3 Å². The molecule has 0 aromatic carbocycles. The summed E-state index contributed by atoms with van der Waals surface area (Å²) in [5.74, 6) is 0.369. The number of likely N-dealkylation sites (tertiary alicyclic amines) is 1. The number of hydrogen-bond donors (Lipinski definition) is 1. The maximum Gasteiger partial charge on any atom is 0.188 e. The van der Waals surface area contributed by atoms with Crippen LogP contribution in [0, 0.1) is 11.3 Å². The Morgan fingerprint density at radius 2 is 1.81 bits per heavy atom. The second-order valence-electron chi connectivity index (χ2n) is 7.86. The highest BCUT2D eigenvalue weighted by Gasteiger charge is 2.32. The Kier molecular flexibility index (Phi) is 7.39. The van der Waals surface area contributed by atoms with Gasteiger partial charge in [-0.2, -0.15) is 5.26 Å². The molecule has 152 valence electrons. The number of hydrogen-bond acceptors (Lipinski definition) is 7. The maximum absolute atomic E-state index is 12.3. The highest BCUT2D eigenvalue weighted by atomic mass is 32.2. The fraction of sp³-hybridized carbons (Fsp3) is 0.842. The Morgan fingerprint density at radius 1 is 1.07 bits per heavy atom. The number of rotatable bonds is 7. The molecule has 7 nitrogen and oxygen atoms in total. The summed E-state index contributed by atoms with van der Waals surface area (Å²) in [5, 5.41) is 13.6. The van der Waals surface area contributed by atoms with Crippen molar-refractivity contribution in [2.24, 2.45) is 0 Å². The fourth-order valence-corrected chi connectivity index (χ4v) is 5.33. The van der Waals surface area contributed by atoms with E-state index in [0.29, 0.717) is 6.04 Å². The normalized spacial score (nSPS) is 24.5. The van der Waals surface area contributed by atoms with Gasteiger partial charge in [0, 0.05) is 25.7 Å². The summed E-state index contributed by atoms with van der Waals surface area (Å²) in [7, 11) is -3.50. The number of nitrogens with zero attached hydrogens (tertiary/aromatic N) is 4. The van der Waals surface area contributed by atoms with Gasteiger partial charge in [-0.15, -0.1) is 0 Å². The summed E-state index contributed by atoms with van der Waals surface area (Å²) < 4.78 is 24.6. The van der Waals surface area contributed by atoms with Crippen molar-refractivity contribution in [3.8, 4) is 6.07 Å². The molecule has 0 aliphatic carbocycles. The molecule has 0 aromatic heterocycles. The molecule has 3 rings (SSSR count). The Balaban J connectivity index is 1.65. The van der Waals surface area contributed by atoms with Crippen molar-refractivity contribution in [3.63, 3.8) is 0 Å². The summed E-state index contributed by atoms with van der Waals surface area (Å²) in [4.78, 5) is 7.03. The van der Waals surface area contributed by atoms with Crippen LogP contribution in [0.15, 0.2) is 11.2 Å². The maximum atomic E-state index is 12.3. The van der Waals surface area contributed by atoms with Crippen molar-refractivity contribution in [2.45, 2.75) is 44.6 Å². The zero-order valence-electron chi connectivity index (χ0n) is 16.3. The van der Waals surface area contributed by atoms with Crippen LogP contribution < -0.4 is 5.32 Å². The molecular weight excluding hydrogens is 362 g/mol. The van der Waals surface area contributed by atoms with Gasteiger partial charge in [0.05, 0.1) is 11.5 Å². The van der Waals surface area contributed by atoms with Crippen molar-refractivity contribution < 1.29 is 8.42 Å². The fourth-order valence-electron chi connectivity index (χ4n) is 4.46. The van der Waals surface area contributed by atoms with Gasteiger partial charge in [-0.05, 0) is 64.8 Å². The average Bonchev–Trinajstić information content (AvgIpc) is 3.05. The molecule has 3 aliphatic rings. The first-order valence-corrected chi connectivity index (χ1v) is 12.1. The molecule has 3 aliphatic heterocycles. The molecule has 0 atom stereocenters. The quantitative estimate of drug-likeness (QED) is 0.688. The minimum atomic E-state index is -3.50. The van der Waals surface area contributed by atoms with Gasteiger partial charge in [0.2, 0.25) is 0 Å². The van der Waals surface area contributed by atoms with Crippen molar-refractivity contribution in [2.75, 3.05) is 58.1 Å². The monoisotopic (exact) mass is 395 g/mol. The molecule has 0 aromatic rings. The van der Waals surface area contributed by atoms with E-state index >= 15 is 0 Å². The lowest BCUT2D eigenvalue weighted by atomic mass is 10.1. The first-order chi connectivity index (χ1) is 13.1. The van der Waals surface area contributed by atoms with E-state index in [9.17, 15) is 8.42 Å². The van der Waals surface area contributed by atoms with Crippen LogP contribution in [0.4, 0.5) is 0 Å². The topological polar surface area (TPSA) is 79.7 Å². The van der Waals surface area contributed by atoms with Gasteiger partial charge in [-0.3, -0.25) is 0 Å². The summed E-state index contributed by atoms with van der Waals surface area (Å²) in [6, 6.07) is 2.18. The van der Waals surface area contributed by atoms with Gasteiger partial charge in [0.15, 0.2) is 9.84 Å². The third-order valence-corrected chi connectivity index (χ3v) is 6.98. The second kappa shape index (κ2) is 9.76. The number of nitriles is 1. The van der Waals surface area contributed by atoms with Gasteiger partial charge in [0.1, 0.15) is 11.6 Å². The standard InChI is InChI=1S/C19H33N5O2S/c20-7-16-27(25,26)17-19-23(13-4-12-22-10-2-1-3-11-22)14-15-24(19)18-5-8-21-9-6-18/h17-18,21H,1-6,8-16H2. The van der Waals surface area contributed by atoms with Crippen LogP contribution in [0.3, 0.4) is 0 Å². The van der Waals surface area contributed by atoms with Crippen LogP contribution in [0.25, 0.3) is 0 Å². The van der Waals surface area contributed by atoms with Crippen LogP contribution >= 0.6 is 0 Å². The number of nitrogens with one attached hydrogen (secondary N) is 1. The van der Waals surface area contributed by atoms with Gasteiger partial charge in [-0.1, -0.05) is 6.42 Å². The van der Waals surface area contributed by atoms with E-state index in [2.05, 4.69) is 20.0 Å². The van der Waals surface area contributed by atoms with E-state index in [-0.39, 0.29) is 0 Å². The lowest BCUT2D eigenvalue weighted by molar-refractivity contribution is 0.204. The van der Waals surface area contributed by atoms with Crippen LogP contribution in [0.2, 0.25) is 0 Å². The van der Waals surface area contributed by atoms with E-state index < -0.39 is 15.6 Å². The second-order valence-corrected chi connectivity index (χ2v) is 9.71. The van der Waals surface area contributed by atoms with Gasteiger partial charge >= 0.3 is 0 Å². The van der Waals surface area contributed by atoms with Crippen LogP contribution in [0.5, 0.6) is 0 Å². The minimum absolute atomic E-state index is 0.391. The minimum Gasteiger partial charge on any atom is -0.356 e. The molecule has 1 N–H and O–H groups in total. The van der Waals surface area contributed by atoms with E-state index in [4.69, 9.17) is 5.26 Å². The van der Waals surface area contributed by atoms with Gasteiger partial charge in [0.25, 0.3) is 0 Å². The molecule has 27 heavy (non-hydrogen) atoms. The third-order valence-electron chi connectivity index (χ3n) is 5.88. The molecule has 0 spiro atoms. The Bertz CT molecular complexity index is 646. The van der Waals surface area contributed by atoms with Gasteiger partial charge < -0.3 is 20.0 Å². The number of piperidine rings is 2. The molecular formula is C19H33N5O2S. The van der Waals surface area contributed by atoms with Crippen molar-refractivity contribution in [1.29, 1.82) is 5.26 Å². The van der Waals surface area contributed by atoms with E-state index in [0.717, 1.165) is 64.4 Å². The summed E-state index contributed by atoms with van der Waals surface area (Å²) in [6.45, 7) is 8.07. The van der Waals surface area contributed by atoms with E-state index in [1.54, 1.807) is 6.07 Å². The zero-order valence-corrected chi connectivity index (χ0v) is 17.1. The molecule has 3 heterocycles. The molecule has 3 fully saturated rings. The molecule has 3 saturated heterocycles. The largest absolute Gasteiger partial charge is 0.356 e. The molecule has 0 saturated carbocycles. The van der Waals surface area contributed by atoms with Gasteiger partial charge in [-0.25, -0.2) is 8.42 Å². The first kappa shape index (κ1) is 20.4. The first-order valence-electron chi connectivity index (χ1n) is 10.3. The highest BCUT2D eigenvalue weighted by molar-refractivity contribution is 7.94. The highest BCUT2D eigenvalue weighted by Crippen LogP contribution is 2.26. The van der Waals surface area contributed by atoms with E-state index in [1.165, 1.54) is 37.8 Å². The van der Waals surface area contributed by atoms with Crippen molar-refractivity contribution >= 4 is 9.84 Å². The lowest BCUT2D eigenvalue weighted by Gasteiger charge is -2.35. The molecule has 0 bridgehead atoms. The van der Waals surface area contributed by atoms with Crippen molar-refractivity contribution in [1.82, 2.24) is 20.0 Å². The zero-order chi connectivity index (χ0) is 19.1. The predicted octanol–water partition coefficient (Wildman–Crippen LogP) is 0.969. The molecule has 0 radical (unpaired) electrons. The molecule has 0 amide bonds. The Morgan fingerprint density at radius 3 is 2.52 bits per heavy atom. The average molecular weight is 396 g/mol. The molecule has 8 heteroatoms. The Labute approximate surface area is 163 Å². The van der Waals surface area contributed by atoms with E-state index in [1.807, 2.05) is 0 Å². The van der Waals surface area contributed by atoms with Crippen molar-refractivity contribution in [3.05, 3.63) is 11.2 Å². The Hall–Kier alpha value is -1.30. The molecule has 0 unspecified atom stereocenters. The number of sulfone groups is 1. The summed E-state index contributed by atoms with van der Waals surface area (Å²) >= 11 is 0.